The molecule has 0 bridgehead atoms. The van der Waals surface area contributed by atoms with Crippen molar-refractivity contribution >= 4 is 45.3 Å². The molecular formula is C9H8BrClN2O2. The van der Waals surface area contributed by atoms with Gasteiger partial charge >= 0.3 is 5.97 Å². The summed E-state index contributed by atoms with van der Waals surface area (Å²) in [5.74, 6) is -0.178. The van der Waals surface area contributed by atoms with E-state index in [0.717, 1.165) is 16.9 Å². The van der Waals surface area contributed by atoms with Crippen molar-refractivity contribution < 1.29 is 9.90 Å². The smallest absolute Gasteiger partial charge is 0.335 e. The van der Waals surface area contributed by atoms with Gasteiger partial charge in [0.15, 0.2) is 0 Å². The molecule has 0 saturated carbocycles. The van der Waals surface area contributed by atoms with E-state index in [4.69, 9.17) is 5.11 Å². The van der Waals surface area contributed by atoms with Gasteiger partial charge in [-0.1, -0.05) is 0 Å². The summed E-state index contributed by atoms with van der Waals surface area (Å²) in [4.78, 5) is 18.0. The van der Waals surface area contributed by atoms with Crippen molar-refractivity contribution in [2.45, 2.75) is 6.92 Å². The van der Waals surface area contributed by atoms with Crippen molar-refractivity contribution in [3.8, 4) is 0 Å². The van der Waals surface area contributed by atoms with Crippen molar-refractivity contribution in [2.24, 2.45) is 0 Å². The summed E-state index contributed by atoms with van der Waals surface area (Å²) in [5, 5.41) is 8.82. The first kappa shape index (κ1) is 12.0. The summed E-state index contributed by atoms with van der Waals surface area (Å²) in [6.45, 7) is 1.83. The number of H-pyrrole nitrogens is 1. The minimum absolute atomic E-state index is 0. The Balaban J connectivity index is 0.00000112. The molecule has 0 aliphatic rings. The lowest BCUT2D eigenvalue weighted by molar-refractivity contribution is 0.0697. The number of rotatable bonds is 1. The van der Waals surface area contributed by atoms with E-state index in [0.29, 0.717) is 4.47 Å². The van der Waals surface area contributed by atoms with E-state index in [1.165, 1.54) is 0 Å². The fraction of sp³-hybridized carbons (Fsp3) is 0.111. The summed E-state index contributed by atoms with van der Waals surface area (Å²) < 4.78 is 0.691. The fourth-order valence-electron chi connectivity index (χ4n) is 1.32. The average Bonchev–Trinajstić information content (AvgIpc) is 2.45. The first-order valence-corrected chi connectivity index (χ1v) is 4.76. The summed E-state index contributed by atoms with van der Waals surface area (Å²) in [6.07, 6.45) is 0. The Kier molecular flexibility index (Phi) is 3.36. The summed E-state index contributed by atoms with van der Waals surface area (Å²) in [6, 6.07) is 3.12. The molecule has 6 heteroatoms. The molecule has 0 unspecified atom stereocenters. The highest BCUT2D eigenvalue weighted by Crippen LogP contribution is 2.23. The highest BCUT2D eigenvalue weighted by molar-refractivity contribution is 9.10. The van der Waals surface area contributed by atoms with Crippen molar-refractivity contribution in [1.82, 2.24) is 9.97 Å². The predicted molar refractivity (Wildman–Crippen MR) is 62.7 cm³/mol. The Labute approximate surface area is 100 Å². The van der Waals surface area contributed by atoms with Gasteiger partial charge in [-0.25, -0.2) is 9.78 Å². The Bertz CT molecular complexity index is 524. The Hall–Kier alpha value is -1.07. The number of fused-ring (bicyclic) bond motifs is 1. The molecule has 1 heterocycles. The van der Waals surface area contributed by atoms with Crippen LogP contribution in [-0.2, 0) is 0 Å². The number of aryl methyl sites for hydroxylation is 1. The van der Waals surface area contributed by atoms with Crippen LogP contribution in [0.1, 0.15) is 16.2 Å². The van der Waals surface area contributed by atoms with Gasteiger partial charge in [0.05, 0.1) is 11.1 Å². The average molecular weight is 292 g/mol. The van der Waals surface area contributed by atoms with Crippen LogP contribution in [0.25, 0.3) is 11.0 Å². The Morgan fingerprint density at radius 2 is 2.20 bits per heavy atom. The van der Waals surface area contributed by atoms with Crippen LogP contribution < -0.4 is 0 Å². The Morgan fingerprint density at radius 1 is 1.53 bits per heavy atom. The fourth-order valence-corrected chi connectivity index (χ4v) is 1.87. The predicted octanol–water partition coefficient (Wildman–Crippen LogP) is 2.75. The van der Waals surface area contributed by atoms with E-state index in [9.17, 15) is 4.79 Å². The second kappa shape index (κ2) is 4.20. The third-order valence-corrected chi connectivity index (χ3v) is 2.51. The molecule has 1 aromatic heterocycles. The number of aromatic nitrogens is 2. The number of hydrogen-bond acceptors (Lipinski definition) is 2. The van der Waals surface area contributed by atoms with Crippen molar-refractivity contribution in [3.05, 3.63) is 28.0 Å². The number of hydrogen-bond donors (Lipinski definition) is 2. The molecule has 0 amide bonds. The van der Waals surface area contributed by atoms with Crippen LogP contribution in [0.4, 0.5) is 0 Å². The second-order valence-corrected chi connectivity index (χ2v) is 3.84. The van der Waals surface area contributed by atoms with Gasteiger partial charge in [0.1, 0.15) is 11.3 Å². The molecule has 1 aromatic carbocycles. The van der Waals surface area contributed by atoms with Crippen LogP contribution >= 0.6 is 28.3 Å². The quantitative estimate of drug-likeness (QED) is 0.849. The zero-order valence-corrected chi connectivity index (χ0v) is 10.1. The lowest BCUT2D eigenvalue weighted by Gasteiger charge is -1.96. The topological polar surface area (TPSA) is 66.0 Å². The molecule has 0 aliphatic heterocycles. The minimum atomic E-state index is -0.945. The third kappa shape index (κ3) is 2.13. The van der Waals surface area contributed by atoms with Crippen LogP contribution in [0.2, 0.25) is 0 Å². The number of benzene rings is 1. The third-order valence-electron chi connectivity index (χ3n) is 1.91. The van der Waals surface area contributed by atoms with Crippen molar-refractivity contribution in [2.75, 3.05) is 0 Å². The zero-order chi connectivity index (χ0) is 10.3. The molecule has 0 saturated heterocycles. The molecule has 4 nitrogen and oxygen atoms in total. The van der Waals surface area contributed by atoms with Crippen LogP contribution in [0, 0.1) is 6.92 Å². The normalized spacial score (nSPS) is 10.0. The lowest BCUT2D eigenvalue weighted by atomic mass is 10.2. The number of nitrogens with one attached hydrogen (secondary N) is 1. The van der Waals surface area contributed by atoms with Crippen LogP contribution in [0.5, 0.6) is 0 Å². The van der Waals surface area contributed by atoms with Gasteiger partial charge in [0.2, 0.25) is 0 Å². The van der Waals surface area contributed by atoms with Gasteiger partial charge < -0.3 is 10.1 Å². The molecule has 0 fully saturated rings. The summed E-state index contributed by atoms with van der Waals surface area (Å²) in [5.41, 5.74) is 1.73. The molecule has 80 valence electrons. The van der Waals surface area contributed by atoms with Crippen LogP contribution in [0.15, 0.2) is 16.6 Å². The van der Waals surface area contributed by atoms with E-state index in [1.807, 2.05) is 6.92 Å². The summed E-state index contributed by atoms with van der Waals surface area (Å²) in [7, 11) is 0. The number of aromatic carboxylic acids is 1. The molecular weight excluding hydrogens is 283 g/mol. The van der Waals surface area contributed by atoms with Gasteiger partial charge in [-0.15, -0.1) is 12.4 Å². The number of aromatic amines is 1. The maximum Gasteiger partial charge on any atom is 0.335 e. The van der Waals surface area contributed by atoms with E-state index in [2.05, 4.69) is 25.9 Å². The maximum absolute atomic E-state index is 10.7. The first-order valence-electron chi connectivity index (χ1n) is 3.97. The number of imidazole rings is 1. The van der Waals surface area contributed by atoms with Crippen LogP contribution in [0.3, 0.4) is 0 Å². The molecule has 15 heavy (non-hydrogen) atoms. The molecule has 0 radical (unpaired) electrons. The SMILES string of the molecule is Cc1nc2c(Br)cc(C(=O)O)cc2[nH]1.Cl. The van der Waals surface area contributed by atoms with E-state index in [-0.39, 0.29) is 18.0 Å². The highest BCUT2D eigenvalue weighted by Gasteiger charge is 2.09. The van der Waals surface area contributed by atoms with Crippen molar-refractivity contribution in [3.63, 3.8) is 0 Å². The molecule has 2 rings (SSSR count). The van der Waals surface area contributed by atoms with E-state index < -0.39 is 5.97 Å². The standard InChI is InChI=1S/C9H7BrN2O2.ClH/c1-4-11-7-3-5(9(13)14)2-6(10)8(7)12-4;/h2-3H,1H3,(H,11,12)(H,13,14);1H. The van der Waals surface area contributed by atoms with Crippen LogP contribution in [-0.4, -0.2) is 21.0 Å². The molecule has 0 spiro atoms. The van der Waals surface area contributed by atoms with E-state index in [1.54, 1.807) is 12.1 Å². The number of nitrogens with zero attached hydrogens (tertiary/aromatic N) is 1. The summed E-state index contributed by atoms with van der Waals surface area (Å²) >= 11 is 3.28. The molecule has 2 N–H and O–H groups in total. The highest BCUT2D eigenvalue weighted by atomic mass is 79.9. The minimum Gasteiger partial charge on any atom is -0.478 e. The van der Waals surface area contributed by atoms with Gasteiger partial charge in [0.25, 0.3) is 0 Å². The van der Waals surface area contributed by atoms with Gasteiger partial charge in [-0.3, -0.25) is 0 Å². The van der Waals surface area contributed by atoms with Gasteiger partial charge in [0, 0.05) is 4.47 Å². The molecule has 0 aliphatic carbocycles. The zero-order valence-electron chi connectivity index (χ0n) is 7.74. The monoisotopic (exact) mass is 290 g/mol. The van der Waals surface area contributed by atoms with E-state index >= 15 is 0 Å². The molecule has 0 atom stereocenters. The molecule has 2 aromatic rings. The van der Waals surface area contributed by atoms with Crippen molar-refractivity contribution in [1.29, 1.82) is 0 Å². The maximum atomic E-state index is 10.7. The number of halogens is 2. The van der Waals surface area contributed by atoms with Gasteiger partial charge in [-0.05, 0) is 35.0 Å². The largest absolute Gasteiger partial charge is 0.478 e. The first-order chi connectivity index (χ1) is 6.58. The second-order valence-electron chi connectivity index (χ2n) is 2.98. The Morgan fingerprint density at radius 3 is 2.80 bits per heavy atom. The van der Waals surface area contributed by atoms with Gasteiger partial charge in [-0.2, -0.15) is 0 Å². The number of carbonyl (C=O) groups is 1. The number of carboxylic acid groups (broad SMARTS) is 1. The lowest BCUT2D eigenvalue weighted by Crippen LogP contribution is -1.95. The number of carboxylic acids is 1.